The first-order chi connectivity index (χ1) is 40.1. The predicted octanol–water partition coefficient (Wildman–Crippen LogP) is 17.8. The molecule has 3 unspecified atom stereocenters. The van der Waals surface area contributed by atoms with Gasteiger partial charge < -0.3 is 33.8 Å². The molecule has 0 aromatic rings. The van der Waals surface area contributed by atoms with Crippen LogP contribution in [0.1, 0.15) is 324 Å². The minimum Gasteiger partial charge on any atom is -0.462 e. The Morgan fingerprint density at radius 3 is 0.855 bits per heavy atom. The summed E-state index contributed by atoms with van der Waals surface area (Å²) in [6.45, 7) is 7.13. The van der Waals surface area contributed by atoms with Crippen molar-refractivity contribution in [2.45, 2.75) is 342 Å². The van der Waals surface area contributed by atoms with Crippen molar-refractivity contribution in [1.29, 1.82) is 0 Å². The van der Waals surface area contributed by atoms with Gasteiger partial charge in [-0.05, 0) is 31.6 Å². The Labute approximate surface area is 505 Å². The number of carbonyl (C=O) groups is 4. The highest BCUT2D eigenvalue weighted by Crippen LogP contribution is 2.45. The van der Waals surface area contributed by atoms with E-state index in [-0.39, 0.29) is 25.7 Å². The molecule has 0 bridgehead atoms. The van der Waals surface area contributed by atoms with E-state index in [0.717, 1.165) is 102 Å². The molecule has 0 aliphatic rings. The summed E-state index contributed by atoms with van der Waals surface area (Å²) in [6.07, 6.45) is 41.7. The van der Waals surface area contributed by atoms with Crippen LogP contribution in [0.5, 0.6) is 0 Å². The van der Waals surface area contributed by atoms with E-state index in [1.54, 1.807) is 0 Å². The number of phosphoric acid groups is 2. The van der Waals surface area contributed by atoms with Gasteiger partial charge in [-0.1, -0.05) is 272 Å². The van der Waals surface area contributed by atoms with Crippen molar-refractivity contribution in [2.75, 3.05) is 39.6 Å². The molecule has 3 N–H and O–H groups in total. The van der Waals surface area contributed by atoms with Crippen LogP contribution in [0.2, 0.25) is 0 Å². The molecule has 0 aliphatic heterocycles. The summed E-state index contributed by atoms with van der Waals surface area (Å²) in [6, 6.07) is 0. The summed E-state index contributed by atoms with van der Waals surface area (Å²) in [5, 5.41) is 10.5. The van der Waals surface area contributed by atoms with Gasteiger partial charge in [0, 0.05) is 25.7 Å². The van der Waals surface area contributed by atoms with Crippen molar-refractivity contribution in [2.24, 2.45) is 5.92 Å². The Bertz CT molecular complexity index is 1620. The summed E-state index contributed by atoms with van der Waals surface area (Å²) in [4.78, 5) is 72.1. The fourth-order valence-corrected chi connectivity index (χ4v) is 11.1. The Hall–Kier alpha value is -1.94. The zero-order chi connectivity index (χ0) is 61.3. The molecule has 0 saturated heterocycles. The molecule has 0 spiro atoms. The fourth-order valence-electron chi connectivity index (χ4n) is 9.55. The van der Waals surface area contributed by atoms with Crippen LogP contribution in [-0.4, -0.2) is 96.7 Å². The third-order valence-corrected chi connectivity index (χ3v) is 17.0. The zero-order valence-electron chi connectivity index (χ0n) is 53.3. The summed E-state index contributed by atoms with van der Waals surface area (Å²) < 4.78 is 67.9. The Balaban J connectivity index is 5.21. The number of esters is 4. The second-order valence-corrected chi connectivity index (χ2v) is 26.3. The zero-order valence-corrected chi connectivity index (χ0v) is 55.1. The van der Waals surface area contributed by atoms with Gasteiger partial charge in [0.2, 0.25) is 0 Å². The number of phosphoric ester groups is 2. The molecule has 19 heteroatoms. The fraction of sp³-hybridized carbons (Fsp3) is 0.938. The monoisotopic (exact) mass is 1230 g/mol. The minimum absolute atomic E-state index is 0.106. The lowest BCUT2D eigenvalue weighted by Crippen LogP contribution is -2.30. The van der Waals surface area contributed by atoms with E-state index < -0.39 is 97.5 Å². The van der Waals surface area contributed by atoms with Gasteiger partial charge in [0.1, 0.15) is 19.3 Å². The lowest BCUT2D eigenvalue weighted by molar-refractivity contribution is -0.161. The average Bonchev–Trinajstić information content (AvgIpc) is 3.47. The summed E-state index contributed by atoms with van der Waals surface area (Å²) in [7, 11) is -9.88. The number of ether oxygens (including phenoxy) is 4. The van der Waals surface area contributed by atoms with Gasteiger partial charge in [-0.3, -0.25) is 37.3 Å². The van der Waals surface area contributed by atoms with Gasteiger partial charge in [0.05, 0.1) is 26.4 Å². The molecule has 0 radical (unpaired) electrons. The predicted molar refractivity (Wildman–Crippen MR) is 331 cm³/mol. The molecule has 83 heavy (non-hydrogen) atoms. The van der Waals surface area contributed by atoms with Crippen molar-refractivity contribution >= 4 is 39.5 Å². The molecule has 492 valence electrons. The number of hydrogen-bond donors (Lipinski definition) is 3. The van der Waals surface area contributed by atoms with Crippen LogP contribution in [0, 0.1) is 5.92 Å². The third-order valence-electron chi connectivity index (χ3n) is 15.1. The largest absolute Gasteiger partial charge is 0.472 e. The number of unbranched alkanes of at least 4 members (excludes halogenated alkanes) is 35. The highest BCUT2D eigenvalue weighted by Gasteiger charge is 2.30. The number of aliphatic hydroxyl groups is 1. The molecule has 0 fully saturated rings. The van der Waals surface area contributed by atoms with Gasteiger partial charge in [-0.2, -0.15) is 0 Å². The second kappa shape index (κ2) is 57.8. The molecular formula is C64H124O17P2. The highest BCUT2D eigenvalue weighted by atomic mass is 31.2. The SMILES string of the molecule is CCCCCCCCCCCCCCCCCC(=O)O[C@H](COC(=O)CCCCCCCCC(C)CC)COP(=O)(O)OC[C@@H](O)COP(=O)(O)OC[C@@H](COC(=O)CCCCCCCCCCC)OC(=O)CCCCCCCCCCC. The standard InChI is InChI=1S/C64H124O17P2/c1-6-10-13-16-19-22-23-24-25-26-27-30-33-40-45-50-64(69)81-60(54-75-62(67)48-43-38-35-34-36-41-46-57(5)9-4)56-79-83(72,73)77-52-58(65)51-76-82(70,71)78-55-59(80-63(68)49-44-39-32-29-21-18-15-12-8-3)53-74-61(66)47-42-37-31-28-20-17-14-11-7-2/h57-60,65H,6-56H2,1-5H3,(H,70,71)(H,72,73)/t57?,58-,59+,60+/m0/s1. The second-order valence-electron chi connectivity index (χ2n) is 23.4. The molecule has 0 rings (SSSR count). The number of carbonyl (C=O) groups excluding carboxylic acids is 4. The van der Waals surface area contributed by atoms with E-state index in [9.17, 15) is 43.2 Å². The maximum Gasteiger partial charge on any atom is 0.472 e. The van der Waals surface area contributed by atoms with Crippen molar-refractivity contribution in [3.05, 3.63) is 0 Å². The van der Waals surface area contributed by atoms with E-state index in [0.29, 0.717) is 25.7 Å². The van der Waals surface area contributed by atoms with Crippen LogP contribution in [0.3, 0.4) is 0 Å². The van der Waals surface area contributed by atoms with E-state index in [1.807, 2.05) is 0 Å². The van der Waals surface area contributed by atoms with Crippen molar-refractivity contribution in [3.8, 4) is 0 Å². The Morgan fingerprint density at radius 2 is 0.578 bits per heavy atom. The molecule has 0 saturated carbocycles. The molecule has 0 aromatic heterocycles. The molecule has 0 aromatic carbocycles. The summed E-state index contributed by atoms with van der Waals surface area (Å²) in [5.41, 5.74) is 0. The van der Waals surface area contributed by atoms with E-state index in [4.69, 9.17) is 37.0 Å². The molecule has 6 atom stereocenters. The van der Waals surface area contributed by atoms with Crippen LogP contribution in [0.4, 0.5) is 0 Å². The van der Waals surface area contributed by atoms with Gasteiger partial charge in [-0.25, -0.2) is 9.13 Å². The van der Waals surface area contributed by atoms with Gasteiger partial charge in [0.25, 0.3) is 0 Å². The molecule has 0 aliphatic carbocycles. The van der Waals surface area contributed by atoms with Gasteiger partial charge >= 0.3 is 39.5 Å². The van der Waals surface area contributed by atoms with E-state index in [1.165, 1.54) is 141 Å². The average molecular weight is 1230 g/mol. The van der Waals surface area contributed by atoms with E-state index >= 15 is 0 Å². The van der Waals surface area contributed by atoms with Crippen LogP contribution < -0.4 is 0 Å². The van der Waals surface area contributed by atoms with E-state index in [2.05, 4.69) is 34.6 Å². The molecular weight excluding hydrogens is 1100 g/mol. The first kappa shape index (κ1) is 81.1. The minimum atomic E-state index is -4.94. The van der Waals surface area contributed by atoms with Crippen molar-refractivity contribution in [3.63, 3.8) is 0 Å². The quantitative estimate of drug-likeness (QED) is 0.0222. The Morgan fingerprint density at radius 1 is 0.337 bits per heavy atom. The normalized spacial score (nSPS) is 14.6. The van der Waals surface area contributed by atoms with Gasteiger partial charge in [-0.15, -0.1) is 0 Å². The van der Waals surface area contributed by atoms with Crippen LogP contribution in [0.15, 0.2) is 0 Å². The topological polar surface area (TPSA) is 237 Å². The number of hydrogen-bond acceptors (Lipinski definition) is 15. The molecule has 0 amide bonds. The molecule has 0 heterocycles. The smallest absolute Gasteiger partial charge is 0.462 e. The third kappa shape index (κ3) is 57.6. The summed E-state index contributed by atoms with van der Waals surface area (Å²) >= 11 is 0. The summed E-state index contributed by atoms with van der Waals surface area (Å²) in [5.74, 6) is -1.40. The lowest BCUT2D eigenvalue weighted by Gasteiger charge is -2.21. The Kier molecular flexibility index (Phi) is 56.4. The first-order valence-corrected chi connectivity index (χ1v) is 36.7. The number of aliphatic hydroxyl groups excluding tert-OH is 1. The highest BCUT2D eigenvalue weighted by molar-refractivity contribution is 7.47. The van der Waals surface area contributed by atoms with Crippen LogP contribution in [-0.2, 0) is 65.4 Å². The van der Waals surface area contributed by atoms with Crippen molar-refractivity contribution in [1.82, 2.24) is 0 Å². The van der Waals surface area contributed by atoms with Crippen molar-refractivity contribution < 1.29 is 80.2 Å². The first-order valence-electron chi connectivity index (χ1n) is 33.7. The van der Waals surface area contributed by atoms with Crippen LogP contribution >= 0.6 is 15.6 Å². The van der Waals surface area contributed by atoms with Gasteiger partial charge in [0.15, 0.2) is 12.2 Å². The maximum absolute atomic E-state index is 13.0. The number of rotatable bonds is 64. The van der Waals surface area contributed by atoms with Crippen LogP contribution in [0.25, 0.3) is 0 Å². The lowest BCUT2D eigenvalue weighted by atomic mass is 10.00. The molecule has 17 nitrogen and oxygen atoms in total. The maximum atomic E-state index is 13.0.